The summed E-state index contributed by atoms with van der Waals surface area (Å²) in [4.78, 5) is 25.5. The van der Waals surface area contributed by atoms with E-state index in [1.807, 2.05) is 51.1 Å². The molecule has 5 nitrogen and oxygen atoms in total. The molecular weight excluding hydrogens is 306 g/mol. The van der Waals surface area contributed by atoms with Crippen LogP contribution in [0.3, 0.4) is 0 Å². The van der Waals surface area contributed by atoms with E-state index >= 15 is 0 Å². The third-order valence-electron chi connectivity index (χ3n) is 3.63. The Balaban J connectivity index is 2.00. The molecule has 5 heteroatoms. The fourth-order valence-corrected chi connectivity index (χ4v) is 2.39. The molecule has 1 saturated heterocycles. The van der Waals surface area contributed by atoms with E-state index in [-0.39, 0.29) is 18.1 Å². The molecule has 2 rings (SSSR count). The van der Waals surface area contributed by atoms with Gasteiger partial charge in [0.25, 0.3) is 0 Å². The molecule has 0 radical (unpaired) electrons. The highest BCUT2D eigenvalue weighted by molar-refractivity contribution is 5.75. The summed E-state index contributed by atoms with van der Waals surface area (Å²) < 4.78 is 10.5. The number of hydrogen-bond donors (Lipinski definition) is 0. The van der Waals surface area contributed by atoms with Gasteiger partial charge >= 0.3 is 12.1 Å². The van der Waals surface area contributed by atoms with Crippen LogP contribution >= 0.6 is 0 Å². The monoisotopic (exact) mass is 331 g/mol. The predicted molar refractivity (Wildman–Crippen MR) is 91.3 cm³/mol. The van der Waals surface area contributed by atoms with E-state index in [0.29, 0.717) is 13.0 Å². The van der Waals surface area contributed by atoms with E-state index in [9.17, 15) is 9.59 Å². The van der Waals surface area contributed by atoms with Crippen LogP contribution in [0.4, 0.5) is 4.79 Å². The maximum Gasteiger partial charge on any atom is 0.414 e. The van der Waals surface area contributed by atoms with Crippen LogP contribution in [0.1, 0.15) is 33.3 Å². The maximum atomic E-state index is 12.0. The first kappa shape index (κ1) is 18.0. The highest BCUT2D eigenvalue weighted by Crippen LogP contribution is 2.19. The van der Waals surface area contributed by atoms with Crippen LogP contribution in [0.15, 0.2) is 42.6 Å². The molecular formula is C19H25NO4. The Bertz CT molecular complexity index is 604. The van der Waals surface area contributed by atoms with Gasteiger partial charge in [-0.15, -0.1) is 0 Å². The van der Waals surface area contributed by atoms with Gasteiger partial charge in [-0.3, -0.25) is 9.69 Å². The SMILES string of the molecule is CC(/C=C/N1C(=O)OC[C@@H]1Cc1ccccc1)C(=O)OC(C)(C)C. The fourth-order valence-electron chi connectivity index (χ4n) is 2.39. The second-order valence-electron chi connectivity index (χ2n) is 6.99. The smallest absolute Gasteiger partial charge is 0.414 e. The molecule has 1 amide bonds. The number of esters is 1. The zero-order chi connectivity index (χ0) is 17.7. The molecule has 24 heavy (non-hydrogen) atoms. The number of rotatable bonds is 5. The van der Waals surface area contributed by atoms with Gasteiger partial charge < -0.3 is 9.47 Å². The largest absolute Gasteiger partial charge is 0.460 e. The second-order valence-corrected chi connectivity index (χ2v) is 6.99. The second kappa shape index (κ2) is 7.51. The van der Waals surface area contributed by atoms with E-state index in [4.69, 9.17) is 9.47 Å². The lowest BCUT2D eigenvalue weighted by Gasteiger charge is -2.22. The molecule has 0 N–H and O–H groups in total. The van der Waals surface area contributed by atoms with Crippen LogP contribution in [0, 0.1) is 5.92 Å². The summed E-state index contributed by atoms with van der Waals surface area (Å²) in [5.41, 5.74) is 0.612. The summed E-state index contributed by atoms with van der Waals surface area (Å²) in [6.07, 6.45) is 3.64. The van der Waals surface area contributed by atoms with Crippen molar-refractivity contribution in [2.75, 3.05) is 6.61 Å². The molecule has 130 valence electrons. The minimum atomic E-state index is -0.526. The number of benzene rings is 1. The van der Waals surface area contributed by atoms with Crippen molar-refractivity contribution in [1.29, 1.82) is 0 Å². The average Bonchev–Trinajstić information content (AvgIpc) is 2.84. The molecule has 1 fully saturated rings. The lowest BCUT2D eigenvalue weighted by atomic mass is 10.1. The van der Waals surface area contributed by atoms with Crippen LogP contribution in [0.5, 0.6) is 0 Å². The van der Waals surface area contributed by atoms with Gasteiger partial charge in [0, 0.05) is 6.20 Å². The van der Waals surface area contributed by atoms with Crippen LogP contribution in [-0.2, 0) is 20.7 Å². The Kier molecular flexibility index (Phi) is 5.65. The summed E-state index contributed by atoms with van der Waals surface area (Å²) in [7, 11) is 0. The van der Waals surface area contributed by atoms with Crippen molar-refractivity contribution in [2.45, 2.75) is 45.8 Å². The Hall–Kier alpha value is -2.30. The van der Waals surface area contributed by atoms with Gasteiger partial charge in [-0.25, -0.2) is 4.79 Å². The Labute approximate surface area is 143 Å². The molecule has 0 aliphatic carbocycles. The first-order valence-electron chi connectivity index (χ1n) is 8.16. The summed E-state index contributed by atoms with van der Waals surface area (Å²) in [6.45, 7) is 7.58. The van der Waals surface area contributed by atoms with Gasteiger partial charge in [-0.2, -0.15) is 0 Å². The van der Waals surface area contributed by atoms with Crippen molar-refractivity contribution in [3.63, 3.8) is 0 Å². The maximum absolute atomic E-state index is 12.0. The fraction of sp³-hybridized carbons (Fsp3) is 0.474. The summed E-state index contributed by atoms with van der Waals surface area (Å²) in [5, 5.41) is 0. The highest BCUT2D eigenvalue weighted by atomic mass is 16.6. The van der Waals surface area contributed by atoms with Gasteiger partial charge in [0.05, 0.1) is 12.0 Å². The molecule has 0 spiro atoms. The molecule has 1 aromatic carbocycles. The van der Waals surface area contributed by atoms with E-state index in [1.54, 1.807) is 24.1 Å². The van der Waals surface area contributed by atoms with Gasteiger partial charge in [-0.05, 0) is 39.7 Å². The number of amides is 1. The lowest BCUT2D eigenvalue weighted by molar-refractivity contribution is -0.157. The zero-order valence-electron chi connectivity index (χ0n) is 14.7. The topological polar surface area (TPSA) is 55.8 Å². The molecule has 1 aliphatic heterocycles. The molecule has 1 aliphatic rings. The summed E-state index contributed by atoms with van der Waals surface area (Å²) in [5.74, 6) is -0.749. The molecule has 0 aromatic heterocycles. The van der Waals surface area contributed by atoms with Crippen LogP contribution in [0.25, 0.3) is 0 Å². The minimum absolute atomic E-state index is 0.0676. The van der Waals surface area contributed by atoms with Crippen molar-refractivity contribution in [3.8, 4) is 0 Å². The molecule has 1 unspecified atom stereocenters. The first-order valence-corrected chi connectivity index (χ1v) is 8.16. The van der Waals surface area contributed by atoms with Crippen molar-refractivity contribution in [1.82, 2.24) is 4.90 Å². The number of cyclic esters (lactones) is 1. The number of carbonyl (C=O) groups is 2. The highest BCUT2D eigenvalue weighted by Gasteiger charge is 2.31. The average molecular weight is 331 g/mol. The number of nitrogens with zero attached hydrogens (tertiary/aromatic N) is 1. The Morgan fingerprint density at radius 3 is 2.67 bits per heavy atom. The number of hydrogen-bond acceptors (Lipinski definition) is 4. The van der Waals surface area contributed by atoms with Gasteiger partial charge in [0.2, 0.25) is 0 Å². The quantitative estimate of drug-likeness (QED) is 0.774. The summed E-state index contributed by atoms with van der Waals surface area (Å²) >= 11 is 0. The van der Waals surface area contributed by atoms with E-state index in [2.05, 4.69) is 0 Å². The molecule has 1 heterocycles. The minimum Gasteiger partial charge on any atom is -0.460 e. The van der Waals surface area contributed by atoms with Crippen LogP contribution in [-0.4, -0.2) is 35.2 Å². The normalized spacial score (nSPS) is 19.4. The number of carbonyl (C=O) groups excluding carboxylic acids is 2. The molecule has 2 atom stereocenters. The third kappa shape index (κ3) is 5.11. The van der Waals surface area contributed by atoms with Crippen molar-refractivity contribution in [2.24, 2.45) is 5.92 Å². The zero-order valence-corrected chi connectivity index (χ0v) is 14.7. The Morgan fingerprint density at radius 1 is 1.38 bits per heavy atom. The van der Waals surface area contributed by atoms with Crippen molar-refractivity contribution >= 4 is 12.1 Å². The van der Waals surface area contributed by atoms with Crippen molar-refractivity contribution < 1.29 is 19.1 Å². The number of ether oxygens (including phenoxy) is 2. The lowest BCUT2D eigenvalue weighted by Crippen LogP contribution is -2.31. The van der Waals surface area contributed by atoms with E-state index in [1.165, 1.54) is 0 Å². The van der Waals surface area contributed by atoms with Gasteiger partial charge in [0.1, 0.15) is 12.2 Å². The van der Waals surface area contributed by atoms with Gasteiger partial charge in [-0.1, -0.05) is 36.4 Å². The molecule has 1 aromatic rings. The van der Waals surface area contributed by atoms with Gasteiger partial charge in [0.15, 0.2) is 0 Å². The molecule has 0 bridgehead atoms. The summed E-state index contributed by atoms with van der Waals surface area (Å²) in [6, 6.07) is 9.87. The first-order chi connectivity index (χ1) is 11.3. The van der Waals surface area contributed by atoms with Crippen LogP contribution in [0.2, 0.25) is 0 Å². The third-order valence-corrected chi connectivity index (χ3v) is 3.63. The molecule has 0 saturated carbocycles. The van der Waals surface area contributed by atoms with E-state index in [0.717, 1.165) is 5.56 Å². The Morgan fingerprint density at radius 2 is 2.04 bits per heavy atom. The van der Waals surface area contributed by atoms with Crippen molar-refractivity contribution in [3.05, 3.63) is 48.2 Å². The predicted octanol–water partition coefficient (Wildman–Crippen LogP) is 3.54. The standard InChI is InChI=1S/C19H25NO4/c1-14(17(21)24-19(2,3)4)10-11-20-16(13-23-18(20)22)12-15-8-6-5-7-9-15/h5-11,14,16H,12-13H2,1-4H3/b11-10+/t14?,16-/m0/s1. The van der Waals surface area contributed by atoms with E-state index < -0.39 is 11.5 Å². The van der Waals surface area contributed by atoms with Crippen LogP contribution < -0.4 is 0 Å².